The van der Waals surface area contributed by atoms with Crippen LogP contribution < -0.4 is 5.43 Å². The van der Waals surface area contributed by atoms with Crippen LogP contribution in [0, 0.1) is 5.82 Å². The molecule has 0 bridgehead atoms. The number of nitrogens with one attached hydrogen (secondary N) is 1. The predicted octanol–water partition coefficient (Wildman–Crippen LogP) is 2.97. The zero-order chi connectivity index (χ0) is 11.3. The summed E-state index contributed by atoms with van der Waals surface area (Å²) in [6.07, 6.45) is 1.72. The molecule has 0 unspecified atom stereocenters. The van der Waals surface area contributed by atoms with Crippen LogP contribution in [-0.2, 0) is 4.79 Å². The van der Waals surface area contributed by atoms with Gasteiger partial charge in [-0.3, -0.25) is 10.2 Å². The number of hydrogen-bond donors (Lipinski definition) is 1. The van der Waals surface area contributed by atoms with Crippen molar-refractivity contribution in [3.05, 3.63) is 28.5 Å². The molecule has 0 aliphatic carbocycles. The average molecular weight is 273 g/mol. The van der Waals surface area contributed by atoms with Crippen molar-refractivity contribution in [1.82, 2.24) is 0 Å². The molecular formula is C10H10BrFN2O. The maximum Gasteiger partial charge on any atom is 0.139 e. The summed E-state index contributed by atoms with van der Waals surface area (Å²) in [6, 6.07) is 4.58. The second-order valence-corrected chi connectivity index (χ2v) is 3.81. The normalized spacial score (nSPS) is 10.6. The molecule has 80 valence electrons. The third-order valence-corrected chi connectivity index (χ3v) is 2.23. The Morgan fingerprint density at radius 1 is 1.67 bits per heavy atom. The van der Waals surface area contributed by atoms with Crippen LogP contribution in [0.5, 0.6) is 0 Å². The van der Waals surface area contributed by atoms with Crippen LogP contribution in [0.15, 0.2) is 27.8 Å². The number of hydrazone groups is 1. The van der Waals surface area contributed by atoms with Gasteiger partial charge in [0.2, 0.25) is 0 Å². The quantitative estimate of drug-likeness (QED) is 0.676. The van der Waals surface area contributed by atoms with Crippen molar-refractivity contribution in [3.63, 3.8) is 0 Å². The van der Waals surface area contributed by atoms with Gasteiger partial charge in [0.25, 0.3) is 0 Å². The van der Waals surface area contributed by atoms with Crippen LogP contribution in [0.1, 0.15) is 13.3 Å². The fourth-order valence-electron chi connectivity index (χ4n) is 0.860. The van der Waals surface area contributed by atoms with Gasteiger partial charge in [-0.25, -0.2) is 4.39 Å². The molecule has 1 aromatic carbocycles. The highest BCUT2D eigenvalue weighted by Gasteiger charge is 1.98. The molecule has 5 heteroatoms. The van der Waals surface area contributed by atoms with Crippen LogP contribution in [-0.4, -0.2) is 12.0 Å². The predicted molar refractivity (Wildman–Crippen MR) is 61.5 cm³/mol. The zero-order valence-corrected chi connectivity index (χ0v) is 9.71. The molecule has 0 fully saturated rings. The van der Waals surface area contributed by atoms with Crippen LogP contribution >= 0.6 is 15.9 Å². The first-order valence-electron chi connectivity index (χ1n) is 4.31. The van der Waals surface area contributed by atoms with Crippen molar-refractivity contribution >= 4 is 33.6 Å². The highest BCUT2D eigenvalue weighted by Crippen LogP contribution is 2.19. The summed E-state index contributed by atoms with van der Waals surface area (Å²) >= 11 is 3.04. The number of hydrogen-bond acceptors (Lipinski definition) is 3. The van der Waals surface area contributed by atoms with E-state index in [0.29, 0.717) is 10.2 Å². The van der Waals surface area contributed by atoms with E-state index in [2.05, 4.69) is 26.5 Å². The fourth-order valence-corrected chi connectivity index (χ4v) is 1.11. The van der Waals surface area contributed by atoms with Crippen molar-refractivity contribution in [1.29, 1.82) is 0 Å². The lowest BCUT2D eigenvalue weighted by Crippen LogP contribution is -1.94. The molecule has 0 aromatic heterocycles. The molecule has 1 rings (SSSR count). The van der Waals surface area contributed by atoms with Gasteiger partial charge >= 0.3 is 0 Å². The first kappa shape index (κ1) is 11.8. The Hall–Kier alpha value is -1.23. The Kier molecular flexibility index (Phi) is 4.42. The molecule has 0 radical (unpaired) electrons. The van der Waals surface area contributed by atoms with Gasteiger partial charge in [0.15, 0.2) is 0 Å². The van der Waals surface area contributed by atoms with E-state index < -0.39 is 0 Å². The number of halogens is 2. The van der Waals surface area contributed by atoms with Gasteiger partial charge in [-0.05, 0) is 35.0 Å². The third-order valence-electron chi connectivity index (χ3n) is 1.58. The number of nitrogens with zero attached hydrogens (tertiary/aromatic N) is 1. The molecule has 0 atom stereocenters. The number of carbonyl (C=O) groups excluding carboxylic acids is 1. The van der Waals surface area contributed by atoms with Crippen LogP contribution in [0.2, 0.25) is 0 Å². The van der Waals surface area contributed by atoms with Crippen molar-refractivity contribution in [3.8, 4) is 0 Å². The van der Waals surface area contributed by atoms with Gasteiger partial charge in [0.1, 0.15) is 11.6 Å². The summed E-state index contributed by atoms with van der Waals surface area (Å²) in [5.41, 5.74) is 3.16. The lowest BCUT2D eigenvalue weighted by molar-refractivity contribution is -0.115. The Morgan fingerprint density at radius 2 is 2.40 bits per heavy atom. The SMILES string of the molecule is CC(=O)C/C=N/Nc1ccc(Br)c(F)c1. The van der Waals surface area contributed by atoms with Gasteiger partial charge < -0.3 is 0 Å². The standard InChI is InChI=1S/C10H10BrFN2O/c1-7(15)4-5-13-14-8-2-3-9(11)10(12)6-8/h2-3,5-6,14H,4H2,1H3/b13-5+. The van der Waals surface area contributed by atoms with Gasteiger partial charge in [0, 0.05) is 18.7 Å². The number of ketones is 1. The maximum absolute atomic E-state index is 13.0. The number of carbonyl (C=O) groups is 1. The van der Waals surface area contributed by atoms with E-state index in [-0.39, 0.29) is 18.0 Å². The topological polar surface area (TPSA) is 41.5 Å². The van der Waals surface area contributed by atoms with E-state index >= 15 is 0 Å². The number of Topliss-reactive ketones (excluding diaryl/α,β-unsaturated/α-hetero) is 1. The van der Waals surface area contributed by atoms with E-state index in [4.69, 9.17) is 0 Å². The third kappa shape index (κ3) is 4.20. The fraction of sp³-hybridized carbons (Fsp3) is 0.200. The Morgan fingerprint density at radius 3 is 3.00 bits per heavy atom. The van der Waals surface area contributed by atoms with Gasteiger partial charge in [-0.15, -0.1) is 0 Å². The summed E-state index contributed by atoms with van der Waals surface area (Å²) in [5.74, 6) is -0.329. The lowest BCUT2D eigenvalue weighted by Gasteiger charge is -2.00. The van der Waals surface area contributed by atoms with Crippen LogP contribution in [0.3, 0.4) is 0 Å². The molecule has 1 N–H and O–H groups in total. The van der Waals surface area contributed by atoms with E-state index in [1.54, 1.807) is 12.1 Å². The molecule has 1 aromatic rings. The monoisotopic (exact) mass is 272 g/mol. The zero-order valence-electron chi connectivity index (χ0n) is 8.13. The molecule has 0 saturated carbocycles. The largest absolute Gasteiger partial charge is 0.300 e. The average Bonchev–Trinajstić information content (AvgIpc) is 2.18. The first-order chi connectivity index (χ1) is 7.09. The second-order valence-electron chi connectivity index (χ2n) is 2.96. The smallest absolute Gasteiger partial charge is 0.139 e. The van der Waals surface area contributed by atoms with Crippen LogP contribution in [0.25, 0.3) is 0 Å². The molecule has 0 amide bonds. The second kappa shape index (κ2) is 5.60. The minimum absolute atomic E-state index is 0.0301. The van der Waals surface area contributed by atoms with Gasteiger partial charge in [-0.1, -0.05) is 0 Å². The maximum atomic E-state index is 13.0. The van der Waals surface area contributed by atoms with Crippen molar-refractivity contribution in [2.45, 2.75) is 13.3 Å². The van der Waals surface area contributed by atoms with E-state index in [1.165, 1.54) is 19.2 Å². The van der Waals surface area contributed by atoms with Gasteiger partial charge in [0.05, 0.1) is 10.2 Å². The Balaban J connectivity index is 2.54. The van der Waals surface area contributed by atoms with Crippen LogP contribution in [0.4, 0.5) is 10.1 Å². The minimum atomic E-state index is -0.359. The molecule has 15 heavy (non-hydrogen) atoms. The van der Waals surface area contributed by atoms with E-state index in [0.717, 1.165) is 0 Å². The Labute approximate surface area is 95.5 Å². The summed E-state index contributed by atoms with van der Waals surface area (Å²) in [6.45, 7) is 1.48. The first-order valence-corrected chi connectivity index (χ1v) is 5.11. The molecule has 0 aliphatic heterocycles. The molecule has 0 saturated heterocycles. The lowest BCUT2D eigenvalue weighted by atomic mass is 10.3. The van der Waals surface area contributed by atoms with Gasteiger partial charge in [-0.2, -0.15) is 5.10 Å². The van der Waals surface area contributed by atoms with Crippen molar-refractivity contribution in [2.24, 2.45) is 5.10 Å². The summed E-state index contributed by atoms with van der Waals surface area (Å²) < 4.78 is 13.4. The summed E-state index contributed by atoms with van der Waals surface area (Å²) in [7, 11) is 0. The minimum Gasteiger partial charge on any atom is -0.300 e. The molecular weight excluding hydrogens is 263 g/mol. The van der Waals surface area contributed by atoms with E-state index in [9.17, 15) is 9.18 Å². The van der Waals surface area contributed by atoms with Crippen molar-refractivity contribution < 1.29 is 9.18 Å². The molecule has 0 heterocycles. The Bertz CT molecular complexity index is 393. The number of anilines is 1. The molecule has 0 spiro atoms. The number of rotatable bonds is 4. The van der Waals surface area contributed by atoms with Crippen molar-refractivity contribution in [2.75, 3.05) is 5.43 Å². The highest BCUT2D eigenvalue weighted by molar-refractivity contribution is 9.10. The summed E-state index contributed by atoms with van der Waals surface area (Å²) in [4.78, 5) is 10.6. The molecule has 3 nitrogen and oxygen atoms in total. The summed E-state index contributed by atoms with van der Waals surface area (Å²) in [5, 5.41) is 3.77. The van der Waals surface area contributed by atoms with E-state index in [1.807, 2.05) is 0 Å². The number of benzene rings is 1. The highest BCUT2D eigenvalue weighted by atomic mass is 79.9. The molecule has 0 aliphatic rings.